The van der Waals surface area contributed by atoms with E-state index in [-0.39, 0.29) is 11.8 Å². The number of rotatable bonds is 4. The van der Waals surface area contributed by atoms with Crippen molar-refractivity contribution in [3.8, 4) is 0 Å². The summed E-state index contributed by atoms with van der Waals surface area (Å²) in [6.07, 6.45) is 0. The van der Waals surface area contributed by atoms with Crippen LogP contribution in [0.25, 0.3) is 0 Å². The van der Waals surface area contributed by atoms with Crippen molar-refractivity contribution in [3.63, 3.8) is 0 Å². The van der Waals surface area contributed by atoms with Crippen LogP contribution >= 0.6 is 23.2 Å². The van der Waals surface area contributed by atoms with Crippen molar-refractivity contribution in [2.24, 2.45) is 5.92 Å². The quantitative estimate of drug-likeness (QED) is 0.314. The molecule has 34 heavy (non-hydrogen) atoms. The molecule has 2 amide bonds. The third-order valence-electron chi connectivity index (χ3n) is 7.26. The largest absolute Gasteiger partial charge is 0.274 e. The van der Waals surface area contributed by atoms with E-state index >= 15 is 0 Å². The van der Waals surface area contributed by atoms with Gasteiger partial charge in [-0.2, -0.15) is 0 Å². The predicted octanol–water partition coefficient (Wildman–Crippen LogP) is 6.42. The molecule has 0 aromatic heterocycles. The van der Waals surface area contributed by atoms with Crippen molar-refractivity contribution in [1.29, 1.82) is 0 Å². The first-order valence-electron chi connectivity index (χ1n) is 11.0. The van der Waals surface area contributed by atoms with Crippen LogP contribution in [0.4, 0.5) is 5.69 Å². The number of hydrogen-bond acceptors (Lipinski definition) is 2. The molecule has 3 nitrogen and oxygen atoms in total. The summed E-state index contributed by atoms with van der Waals surface area (Å²) >= 11 is 12.3. The molecule has 0 spiro atoms. The number of fused-ring (bicyclic) bond motifs is 1. The minimum Gasteiger partial charge on any atom is -0.274 e. The average molecular weight is 484 g/mol. The molecule has 2 fully saturated rings. The summed E-state index contributed by atoms with van der Waals surface area (Å²) in [6, 6.07) is 33.9. The summed E-state index contributed by atoms with van der Waals surface area (Å²) in [5.41, 5.74) is 1.29. The Morgan fingerprint density at radius 3 is 1.50 bits per heavy atom. The topological polar surface area (TPSA) is 37.4 Å². The fourth-order valence-corrected chi connectivity index (χ4v) is 6.22. The SMILES string of the molecule is O=C1[C@@H]2C(c3ccccc3)(c3ccccc3)[C@@]2(c2ccc(Cl)cc2)C(=O)N1c1ccc(Cl)cc1. The lowest BCUT2D eigenvalue weighted by Gasteiger charge is -2.31. The first kappa shape index (κ1) is 21.2. The third kappa shape index (κ3) is 2.60. The maximum absolute atomic E-state index is 14.5. The zero-order valence-corrected chi connectivity index (χ0v) is 19.5. The number of hydrogen-bond donors (Lipinski definition) is 0. The zero-order chi connectivity index (χ0) is 23.5. The maximum atomic E-state index is 14.5. The summed E-state index contributed by atoms with van der Waals surface area (Å²) in [5, 5.41) is 1.12. The van der Waals surface area contributed by atoms with Crippen LogP contribution < -0.4 is 4.90 Å². The Hall–Kier alpha value is -3.40. The predicted molar refractivity (Wildman–Crippen MR) is 134 cm³/mol. The number of benzene rings is 4. The Labute approximate surface area is 207 Å². The van der Waals surface area contributed by atoms with Crippen molar-refractivity contribution in [2.75, 3.05) is 4.90 Å². The van der Waals surface area contributed by atoms with Crippen molar-refractivity contribution in [2.45, 2.75) is 10.8 Å². The summed E-state index contributed by atoms with van der Waals surface area (Å²) in [6.45, 7) is 0. The second kappa shape index (κ2) is 7.56. The van der Waals surface area contributed by atoms with Crippen LogP contribution in [0.3, 0.4) is 0 Å². The summed E-state index contributed by atoms with van der Waals surface area (Å²) in [5.74, 6) is -1.04. The minimum absolute atomic E-state index is 0.213. The fraction of sp³-hybridized carbons (Fsp3) is 0.103. The van der Waals surface area contributed by atoms with Crippen molar-refractivity contribution in [3.05, 3.63) is 136 Å². The lowest BCUT2D eigenvalue weighted by Crippen LogP contribution is -2.44. The number of imide groups is 1. The van der Waals surface area contributed by atoms with Crippen LogP contribution in [0.1, 0.15) is 16.7 Å². The van der Waals surface area contributed by atoms with Gasteiger partial charge < -0.3 is 0 Å². The van der Waals surface area contributed by atoms with E-state index in [9.17, 15) is 9.59 Å². The third-order valence-corrected chi connectivity index (χ3v) is 7.76. The molecule has 1 aliphatic carbocycles. The molecule has 2 aliphatic rings. The molecule has 1 saturated heterocycles. The molecule has 4 aromatic carbocycles. The second-order valence-corrected chi connectivity index (χ2v) is 9.62. The Kier molecular flexibility index (Phi) is 4.70. The number of anilines is 1. The molecule has 0 bridgehead atoms. The van der Waals surface area contributed by atoms with Gasteiger partial charge in [-0.1, -0.05) is 96.0 Å². The minimum atomic E-state index is -1.09. The maximum Gasteiger partial charge on any atom is 0.246 e. The van der Waals surface area contributed by atoms with Gasteiger partial charge in [-0.25, -0.2) is 4.90 Å². The number of amides is 2. The van der Waals surface area contributed by atoms with Gasteiger partial charge in [0.1, 0.15) is 5.41 Å². The highest BCUT2D eigenvalue weighted by Gasteiger charge is 2.89. The zero-order valence-electron chi connectivity index (χ0n) is 18.0. The van der Waals surface area contributed by atoms with E-state index in [1.165, 1.54) is 4.90 Å². The summed E-state index contributed by atoms with van der Waals surface area (Å²) in [4.78, 5) is 29.9. The summed E-state index contributed by atoms with van der Waals surface area (Å²) in [7, 11) is 0. The van der Waals surface area contributed by atoms with E-state index in [0.29, 0.717) is 15.7 Å². The molecular weight excluding hydrogens is 465 g/mol. The number of halogens is 2. The molecule has 6 rings (SSSR count). The monoisotopic (exact) mass is 483 g/mol. The normalized spacial score (nSPS) is 22.5. The van der Waals surface area contributed by atoms with Crippen LogP contribution in [0, 0.1) is 5.92 Å². The first-order chi connectivity index (χ1) is 16.5. The first-order valence-corrected chi connectivity index (χ1v) is 11.8. The van der Waals surface area contributed by atoms with E-state index in [1.54, 1.807) is 36.4 Å². The second-order valence-electron chi connectivity index (χ2n) is 8.74. The molecule has 0 radical (unpaired) electrons. The van der Waals surface area contributed by atoms with Gasteiger partial charge in [0, 0.05) is 10.0 Å². The Morgan fingerprint density at radius 1 is 0.559 bits per heavy atom. The van der Waals surface area contributed by atoms with Crippen molar-refractivity contribution in [1.82, 2.24) is 0 Å². The van der Waals surface area contributed by atoms with Crippen molar-refractivity contribution >= 4 is 40.7 Å². The Balaban J connectivity index is 1.64. The highest BCUT2D eigenvalue weighted by Crippen LogP contribution is 2.77. The van der Waals surface area contributed by atoms with Gasteiger partial charge in [0.2, 0.25) is 11.8 Å². The lowest BCUT2D eigenvalue weighted by atomic mass is 9.76. The lowest BCUT2D eigenvalue weighted by molar-refractivity contribution is -0.124. The number of nitrogens with zero attached hydrogens (tertiary/aromatic N) is 1. The van der Waals surface area contributed by atoms with Crippen LogP contribution in [0.2, 0.25) is 10.0 Å². The van der Waals surface area contributed by atoms with Gasteiger partial charge in [-0.05, 0) is 53.1 Å². The van der Waals surface area contributed by atoms with Crippen LogP contribution in [0.5, 0.6) is 0 Å². The summed E-state index contributed by atoms with van der Waals surface area (Å²) < 4.78 is 0. The smallest absolute Gasteiger partial charge is 0.246 e. The van der Waals surface area contributed by atoms with E-state index < -0.39 is 16.7 Å². The van der Waals surface area contributed by atoms with Crippen LogP contribution in [-0.2, 0) is 20.4 Å². The van der Waals surface area contributed by atoms with Gasteiger partial charge in [0.15, 0.2) is 0 Å². The molecule has 2 atom stereocenters. The van der Waals surface area contributed by atoms with Gasteiger partial charge >= 0.3 is 0 Å². The van der Waals surface area contributed by atoms with Gasteiger partial charge in [-0.15, -0.1) is 0 Å². The molecule has 5 heteroatoms. The Bertz CT molecular complexity index is 1360. The van der Waals surface area contributed by atoms with Crippen molar-refractivity contribution < 1.29 is 9.59 Å². The molecule has 0 N–H and O–H groups in total. The number of carbonyl (C=O) groups excluding carboxylic acids is 2. The van der Waals surface area contributed by atoms with E-state index in [0.717, 1.165) is 16.7 Å². The number of piperidine rings is 1. The molecule has 0 unspecified atom stereocenters. The van der Waals surface area contributed by atoms with Gasteiger partial charge in [0.05, 0.1) is 17.0 Å². The van der Waals surface area contributed by atoms with Gasteiger partial charge in [0.25, 0.3) is 0 Å². The van der Waals surface area contributed by atoms with Gasteiger partial charge in [-0.3, -0.25) is 9.59 Å². The number of carbonyl (C=O) groups is 2. The van der Waals surface area contributed by atoms with Crippen LogP contribution in [0.15, 0.2) is 109 Å². The Morgan fingerprint density at radius 2 is 1.00 bits per heavy atom. The molecular formula is C29H19Cl2NO2. The molecule has 166 valence electrons. The fourth-order valence-electron chi connectivity index (χ4n) is 5.97. The molecule has 1 saturated carbocycles. The van der Waals surface area contributed by atoms with E-state index in [1.807, 2.05) is 72.8 Å². The van der Waals surface area contributed by atoms with E-state index in [2.05, 4.69) is 0 Å². The van der Waals surface area contributed by atoms with E-state index in [4.69, 9.17) is 23.2 Å². The highest BCUT2D eigenvalue weighted by molar-refractivity contribution is 6.33. The molecule has 1 heterocycles. The average Bonchev–Trinajstić information content (AvgIpc) is 3.46. The van der Waals surface area contributed by atoms with Crippen LogP contribution in [-0.4, -0.2) is 11.8 Å². The standard InChI is InChI=1S/C29H19Cl2NO2/c30-22-13-11-21(12-14-22)29-25(26(33)32(27(29)34)24-17-15-23(31)16-18-24)28(29,19-7-3-1-4-8-19)20-9-5-2-6-10-20/h1-18,25H/t25-,29-/m1/s1. The molecule has 1 aliphatic heterocycles. The highest BCUT2D eigenvalue weighted by atomic mass is 35.5. The molecule has 4 aromatic rings.